The van der Waals surface area contributed by atoms with Crippen molar-refractivity contribution in [1.29, 1.82) is 0 Å². The second-order valence-electron chi connectivity index (χ2n) is 3.89. The van der Waals surface area contributed by atoms with E-state index in [-0.39, 0.29) is 0 Å². The normalized spacial score (nSPS) is 21.7. The van der Waals surface area contributed by atoms with Crippen LogP contribution in [-0.4, -0.2) is 31.3 Å². The SMILES string of the molecule is CO[C@H]1CCCN(c2cc(N)ccn2)C1. The van der Waals surface area contributed by atoms with Gasteiger partial charge in [0.1, 0.15) is 5.82 Å². The minimum atomic E-state index is 0.321. The maximum absolute atomic E-state index is 5.73. The van der Waals surface area contributed by atoms with Crippen LogP contribution >= 0.6 is 0 Å². The number of anilines is 2. The molecule has 0 amide bonds. The van der Waals surface area contributed by atoms with Crippen LogP contribution in [0, 0.1) is 0 Å². The van der Waals surface area contributed by atoms with E-state index in [1.807, 2.05) is 6.07 Å². The molecule has 82 valence electrons. The highest BCUT2D eigenvalue weighted by atomic mass is 16.5. The lowest BCUT2D eigenvalue weighted by molar-refractivity contribution is 0.0891. The number of hydrogen-bond donors (Lipinski definition) is 1. The van der Waals surface area contributed by atoms with Gasteiger partial charge in [0.05, 0.1) is 6.10 Å². The first-order chi connectivity index (χ1) is 7.29. The number of nitrogen functional groups attached to an aromatic ring is 1. The molecule has 0 bridgehead atoms. The van der Waals surface area contributed by atoms with Gasteiger partial charge in [-0.3, -0.25) is 0 Å². The Morgan fingerprint density at radius 3 is 3.20 bits per heavy atom. The van der Waals surface area contributed by atoms with E-state index in [9.17, 15) is 0 Å². The van der Waals surface area contributed by atoms with Gasteiger partial charge in [0.25, 0.3) is 0 Å². The quantitative estimate of drug-likeness (QED) is 0.793. The predicted octanol–water partition coefficient (Wildman–Crippen LogP) is 1.28. The highest BCUT2D eigenvalue weighted by Gasteiger charge is 2.20. The Morgan fingerprint density at radius 2 is 2.47 bits per heavy atom. The first-order valence-corrected chi connectivity index (χ1v) is 5.29. The maximum Gasteiger partial charge on any atom is 0.130 e. The third-order valence-corrected chi connectivity index (χ3v) is 2.81. The summed E-state index contributed by atoms with van der Waals surface area (Å²) in [6.45, 7) is 1.95. The monoisotopic (exact) mass is 207 g/mol. The highest BCUT2D eigenvalue weighted by molar-refractivity contribution is 5.50. The molecule has 0 unspecified atom stereocenters. The van der Waals surface area contributed by atoms with Crippen LogP contribution in [0.25, 0.3) is 0 Å². The van der Waals surface area contributed by atoms with Crippen molar-refractivity contribution in [2.24, 2.45) is 0 Å². The summed E-state index contributed by atoms with van der Waals surface area (Å²) >= 11 is 0. The molecule has 1 aromatic heterocycles. The summed E-state index contributed by atoms with van der Waals surface area (Å²) in [5.74, 6) is 0.955. The standard InChI is InChI=1S/C11H17N3O/c1-15-10-3-2-6-14(8-10)11-7-9(12)4-5-13-11/h4-5,7,10H,2-3,6,8H2,1H3,(H2,12,13)/t10-/m0/s1. The van der Waals surface area contributed by atoms with Crippen LogP contribution in [0.3, 0.4) is 0 Å². The zero-order chi connectivity index (χ0) is 10.7. The first-order valence-electron chi connectivity index (χ1n) is 5.29. The molecule has 4 heteroatoms. The summed E-state index contributed by atoms with van der Waals surface area (Å²) in [5.41, 5.74) is 6.50. The van der Waals surface area contributed by atoms with Crippen molar-refractivity contribution in [1.82, 2.24) is 4.98 Å². The number of rotatable bonds is 2. The molecule has 2 rings (SSSR count). The summed E-state index contributed by atoms with van der Waals surface area (Å²) < 4.78 is 5.37. The Morgan fingerprint density at radius 1 is 1.60 bits per heavy atom. The van der Waals surface area contributed by atoms with Gasteiger partial charge in [0.15, 0.2) is 0 Å². The van der Waals surface area contributed by atoms with Crippen LogP contribution < -0.4 is 10.6 Å². The first kappa shape index (κ1) is 10.2. The average molecular weight is 207 g/mol. The highest BCUT2D eigenvalue weighted by Crippen LogP contribution is 2.20. The van der Waals surface area contributed by atoms with Crippen LogP contribution in [0.1, 0.15) is 12.8 Å². The number of ether oxygens (including phenoxy) is 1. The lowest BCUT2D eigenvalue weighted by Gasteiger charge is -2.32. The molecule has 0 aliphatic carbocycles. The maximum atomic E-state index is 5.73. The van der Waals surface area contributed by atoms with E-state index in [4.69, 9.17) is 10.5 Å². The third-order valence-electron chi connectivity index (χ3n) is 2.81. The zero-order valence-electron chi connectivity index (χ0n) is 9.02. The van der Waals surface area contributed by atoms with E-state index in [0.717, 1.165) is 37.4 Å². The molecule has 1 aliphatic heterocycles. The Labute approximate surface area is 90.0 Å². The number of pyridine rings is 1. The van der Waals surface area contributed by atoms with Crippen LogP contribution in [0.2, 0.25) is 0 Å². The minimum Gasteiger partial charge on any atom is -0.399 e. The molecule has 0 spiro atoms. The number of methoxy groups -OCH3 is 1. The van der Waals surface area contributed by atoms with Crippen LogP contribution in [0.4, 0.5) is 11.5 Å². The molecule has 1 aromatic rings. The fourth-order valence-corrected chi connectivity index (χ4v) is 1.95. The van der Waals surface area contributed by atoms with Crippen molar-refractivity contribution in [3.63, 3.8) is 0 Å². The molecule has 2 N–H and O–H groups in total. The summed E-state index contributed by atoms with van der Waals surface area (Å²) in [6, 6.07) is 3.72. The third kappa shape index (κ3) is 2.39. The molecule has 15 heavy (non-hydrogen) atoms. The minimum absolute atomic E-state index is 0.321. The summed E-state index contributed by atoms with van der Waals surface area (Å²) in [7, 11) is 1.76. The Hall–Kier alpha value is -1.29. The molecule has 1 fully saturated rings. The molecule has 1 saturated heterocycles. The number of nitrogens with zero attached hydrogens (tertiary/aromatic N) is 2. The van der Waals surface area contributed by atoms with Gasteiger partial charge < -0.3 is 15.4 Å². The van der Waals surface area contributed by atoms with Gasteiger partial charge in [-0.2, -0.15) is 0 Å². The molecule has 1 aliphatic rings. The Kier molecular flexibility index (Phi) is 3.06. The topological polar surface area (TPSA) is 51.4 Å². The van der Waals surface area contributed by atoms with Gasteiger partial charge >= 0.3 is 0 Å². The fraction of sp³-hybridized carbons (Fsp3) is 0.545. The molecule has 0 radical (unpaired) electrons. The van der Waals surface area contributed by atoms with Gasteiger partial charge in [0.2, 0.25) is 0 Å². The second-order valence-corrected chi connectivity index (χ2v) is 3.89. The lowest BCUT2D eigenvalue weighted by atomic mass is 10.1. The van der Waals surface area contributed by atoms with Crippen LogP contribution in [0.5, 0.6) is 0 Å². The molecule has 1 atom stereocenters. The van der Waals surface area contributed by atoms with E-state index in [1.54, 1.807) is 19.4 Å². The zero-order valence-corrected chi connectivity index (χ0v) is 9.02. The second kappa shape index (κ2) is 4.49. The van der Waals surface area contributed by atoms with Crippen molar-refractivity contribution in [2.45, 2.75) is 18.9 Å². The van der Waals surface area contributed by atoms with E-state index >= 15 is 0 Å². The van der Waals surface area contributed by atoms with Gasteiger partial charge in [-0.25, -0.2) is 4.98 Å². The van der Waals surface area contributed by atoms with E-state index < -0.39 is 0 Å². The Bertz CT molecular complexity index is 329. The molecular formula is C11H17N3O. The van der Waals surface area contributed by atoms with Crippen molar-refractivity contribution < 1.29 is 4.74 Å². The van der Waals surface area contributed by atoms with Crippen molar-refractivity contribution in [3.8, 4) is 0 Å². The average Bonchev–Trinajstić information content (AvgIpc) is 2.29. The number of nitrogens with two attached hydrogens (primary N) is 1. The predicted molar refractivity (Wildman–Crippen MR) is 60.9 cm³/mol. The molecular weight excluding hydrogens is 190 g/mol. The number of piperidine rings is 1. The van der Waals surface area contributed by atoms with Crippen LogP contribution in [-0.2, 0) is 4.74 Å². The van der Waals surface area contributed by atoms with Gasteiger partial charge in [0, 0.05) is 38.1 Å². The number of aromatic nitrogens is 1. The summed E-state index contributed by atoms with van der Waals surface area (Å²) in [5, 5.41) is 0. The summed E-state index contributed by atoms with van der Waals surface area (Å²) in [4.78, 5) is 6.55. The smallest absolute Gasteiger partial charge is 0.130 e. The van der Waals surface area contributed by atoms with Crippen LogP contribution in [0.15, 0.2) is 18.3 Å². The Balaban J connectivity index is 2.09. The van der Waals surface area contributed by atoms with Gasteiger partial charge in [-0.1, -0.05) is 0 Å². The lowest BCUT2D eigenvalue weighted by Crippen LogP contribution is -2.39. The van der Waals surface area contributed by atoms with Crippen molar-refractivity contribution in [3.05, 3.63) is 18.3 Å². The van der Waals surface area contributed by atoms with Gasteiger partial charge in [-0.05, 0) is 18.9 Å². The molecule has 0 saturated carbocycles. The molecule has 4 nitrogen and oxygen atoms in total. The van der Waals surface area contributed by atoms with E-state index in [1.165, 1.54) is 0 Å². The number of hydrogen-bond acceptors (Lipinski definition) is 4. The largest absolute Gasteiger partial charge is 0.399 e. The van der Waals surface area contributed by atoms with Gasteiger partial charge in [-0.15, -0.1) is 0 Å². The van der Waals surface area contributed by atoms with Crippen molar-refractivity contribution in [2.75, 3.05) is 30.8 Å². The summed E-state index contributed by atoms with van der Waals surface area (Å²) in [6.07, 6.45) is 4.35. The molecule has 0 aromatic carbocycles. The fourth-order valence-electron chi connectivity index (χ4n) is 1.95. The van der Waals surface area contributed by atoms with Crippen molar-refractivity contribution >= 4 is 11.5 Å². The molecule has 2 heterocycles. The van der Waals surface area contributed by atoms with E-state index in [2.05, 4.69) is 9.88 Å². The van der Waals surface area contributed by atoms with E-state index in [0.29, 0.717) is 6.10 Å².